The molecule has 5 nitrogen and oxygen atoms in total. The van der Waals surface area contributed by atoms with Crippen LogP contribution in [0.25, 0.3) is 0 Å². The molecule has 7 heteroatoms. The van der Waals surface area contributed by atoms with Crippen LogP contribution < -0.4 is 5.32 Å². The van der Waals surface area contributed by atoms with Crippen molar-refractivity contribution >= 4 is 11.7 Å². The largest absolute Gasteiger partial charge is 0.389 e. The lowest BCUT2D eigenvalue weighted by atomic mass is 9.81. The topological polar surface area (TPSA) is 76.4 Å². The Kier molecular flexibility index (Phi) is 4.97. The number of hydrogen-bond acceptors (Lipinski definition) is 3. The van der Waals surface area contributed by atoms with Gasteiger partial charge in [-0.1, -0.05) is 6.07 Å². The van der Waals surface area contributed by atoms with E-state index in [1.807, 2.05) is 6.07 Å². The average molecular weight is 397 g/mol. The Morgan fingerprint density at radius 1 is 1.17 bits per heavy atom. The SMILES string of the molecule is N#Cc1ccc(NC(=O)N2[C@H]3CC[C@H]2CC(O)(Cc2ccc(F)cc2F)C3)cc1. The number of fused-ring (bicyclic) bond motifs is 2. The van der Waals surface area contributed by atoms with Gasteiger partial charge >= 0.3 is 6.03 Å². The minimum absolute atomic E-state index is 0.0944. The number of aliphatic hydroxyl groups is 1. The number of nitrogens with one attached hydrogen (secondary N) is 1. The van der Waals surface area contributed by atoms with E-state index in [1.165, 1.54) is 12.1 Å². The van der Waals surface area contributed by atoms with Crippen molar-refractivity contribution in [1.82, 2.24) is 4.90 Å². The maximum absolute atomic E-state index is 14.0. The Hall–Kier alpha value is -2.98. The fraction of sp³-hybridized carbons (Fsp3) is 0.364. The van der Waals surface area contributed by atoms with E-state index in [2.05, 4.69) is 5.32 Å². The first-order chi connectivity index (χ1) is 13.9. The van der Waals surface area contributed by atoms with Gasteiger partial charge in [-0.3, -0.25) is 0 Å². The molecule has 0 aliphatic carbocycles. The molecule has 2 N–H and O–H groups in total. The molecule has 29 heavy (non-hydrogen) atoms. The van der Waals surface area contributed by atoms with Crippen LogP contribution in [-0.4, -0.2) is 33.7 Å². The second-order valence-electron chi connectivity index (χ2n) is 7.96. The van der Waals surface area contributed by atoms with Crippen LogP contribution >= 0.6 is 0 Å². The molecule has 2 atom stereocenters. The molecule has 4 rings (SSSR count). The third-order valence-corrected chi connectivity index (χ3v) is 5.89. The molecule has 2 bridgehead atoms. The maximum atomic E-state index is 14.0. The van der Waals surface area contributed by atoms with Crippen molar-refractivity contribution in [3.05, 3.63) is 65.2 Å². The molecule has 2 amide bonds. The molecule has 2 heterocycles. The van der Waals surface area contributed by atoms with E-state index in [0.717, 1.165) is 18.9 Å². The van der Waals surface area contributed by atoms with Crippen LogP contribution in [0.15, 0.2) is 42.5 Å². The summed E-state index contributed by atoms with van der Waals surface area (Å²) < 4.78 is 27.2. The first-order valence-corrected chi connectivity index (χ1v) is 9.63. The number of urea groups is 1. The number of carbonyl (C=O) groups is 1. The predicted molar refractivity (Wildman–Crippen MR) is 103 cm³/mol. The summed E-state index contributed by atoms with van der Waals surface area (Å²) in [5.41, 5.74) is 0.265. The summed E-state index contributed by atoms with van der Waals surface area (Å²) in [6.45, 7) is 0. The number of anilines is 1. The Labute approximate surface area is 167 Å². The van der Waals surface area contributed by atoms with E-state index in [1.54, 1.807) is 29.2 Å². The molecule has 150 valence electrons. The van der Waals surface area contributed by atoms with Crippen LogP contribution in [0.4, 0.5) is 19.3 Å². The minimum Gasteiger partial charge on any atom is -0.389 e. The summed E-state index contributed by atoms with van der Waals surface area (Å²) in [5.74, 6) is -1.31. The van der Waals surface area contributed by atoms with Gasteiger partial charge in [-0.15, -0.1) is 0 Å². The van der Waals surface area contributed by atoms with Gasteiger partial charge in [0.25, 0.3) is 0 Å². The van der Waals surface area contributed by atoms with E-state index in [9.17, 15) is 18.7 Å². The third kappa shape index (κ3) is 3.94. The van der Waals surface area contributed by atoms with Crippen molar-refractivity contribution in [2.45, 2.75) is 49.8 Å². The number of nitriles is 1. The van der Waals surface area contributed by atoms with Crippen molar-refractivity contribution < 1.29 is 18.7 Å². The minimum atomic E-state index is -1.13. The molecule has 0 saturated carbocycles. The van der Waals surface area contributed by atoms with E-state index in [4.69, 9.17) is 5.26 Å². The van der Waals surface area contributed by atoms with E-state index >= 15 is 0 Å². The van der Waals surface area contributed by atoms with Gasteiger partial charge in [0.2, 0.25) is 0 Å². The smallest absolute Gasteiger partial charge is 0.322 e. The first kappa shape index (κ1) is 19.3. The van der Waals surface area contributed by atoms with Crippen molar-refractivity contribution in [2.75, 3.05) is 5.32 Å². The maximum Gasteiger partial charge on any atom is 0.322 e. The van der Waals surface area contributed by atoms with Gasteiger partial charge in [0.1, 0.15) is 11.6 Å². The molecule has 2 saturated heterocycles. The number of nitrogens with zero attached hydrogens (tertiary/aromatic N) is 2. The molecule has 2 aromatic carbocycles. The number of carbonyl (C=O) groups excluding carboxylic acids is 1. The summed E-state index contributed by atoms with van der Waals surface area (Å²) in [6, 6.07) is 11.5. The summed E-state index contributed by atoms with van der Waals surface area (Å²) in [5, 5.41) is 22.8. The zero-order valence-corrected chi connectivity index (χ0v) is 15.7. The Balaban J connectivity index is 1.45. The molecule has 0 radical (unpaired) electrons. The van der Waals surface area contributed by atoms with Crippen LogP contribution in [-0.2, 0) is 6.42 Å². The zero-order chi connectivity index (χ0) is 20.6. The molecule has 2 aliphatic heterocycles. The van der Waals surface area contributed by atoms with Crippen molar-refractivity contribution in [3.8, 4) is 6.07 Å². The van der Waals surface area contributed by atoms with Crippen LogP contribution in [0, 0.1) is 23.0 Å². The van der Waals surface area contributed by atoms with E-state index in [-0.39, 0.29) is 30.1 Å². The fourth-order valence-electron chi connectivity index (χ4n) is 4.63. The van der Waals surface area contributed by atoms with Crippen molar-refractivity contribution in [3.63, 3.8) is 0 Å². The normalized spacial score (nSPS) is 25.5. The fourth-order valence-corrected chi connectivity index (χ4v) is 4.63. The number of benzene rings is 2. The van der Waals surface area contributed by atoms with Gasteiger partial charge in [-0.25, -0.2) is 13.6 Å². The van der Waals surface area contributed by atoms with E-state index in [0.29, 0.717) is 24.1 Å². The highest BCUT2D eigenvalue weighted by Gasteiger charge is 2.49. The van der Waals surface area contributed by atoms with Gasteiger partial charge in [0.15, 0.2) is 0 Å². The average Bonchev–Trinajstić information content (AvgIpc) is 2.97. The number of hydrogen-bond donors (Lipinski definition) is 2. The lowest BCUT2D eigenvalue weighted by Gasteiger charge is -2.43. The first-order valence-electron chi connectivity index (χ1n) is 9.63. The predicted octanol–water partition coefficient (Wildman–Crippen LogP) is 3.97. The van der Waals surface area contributed by atoms with Gasteiger partial charge in [0, 0.05) is 30.3 Å². The summed E-state index contributed by atoms with van der Waals surface area (Å²) >= 11 is 0. The van der Waals surface area contributed by atoms with Crippen LogP contribution in [0.1, 0.15) is 36.8 Å². The molecule has 2 aliphatic rings. The summed E-state index contributed by atoms with van der Waals surface area (Å²) in [6.07, 6.45) is 2.35. The van der Waals surface area contributed by atoms with Gasteiger partial charge < -0.3 is 15.3 Å². The monoisotopic (exact) mass is 397 g/mol. The number of rotatable bonds is 3. The lowest BCUT2D eigenvalue weighted by molar-refractivity contribution is -0.0372. The number of piperidine rings is 1. The summed E-state index contributed by atoms with van der Waals surface area (Å²) in [4.78, 5) is 14.6. The molecule has 0 spiro atoms. The highest BCUT2D eigenvalue weighted by atomic mass is 19.1. The van der Waals surface area contributed by atoms with Gasteiger partial charge in [-0.2, -0.15) is 5.26 Å². The van der Waals surface area contributed by atoms with E-state index < -0.39 is 17.2 Å². The zero-order valence-electron chi connectivity index (χ0n) is 15.7. The number of amides is 2. The Bertz CT molecular complexity index is 957. The second-order valence-corrected chi connectivity index (χ2v) is 7.96. The Morgan fingerprint density at radius 3 is 2.41 bits per heavy atom. The molecule has 2 fully saturated rings. The highest BCUT2D eigenvalue weighted by molar-refractivity contribution is 5.90. The van der Waals surface area contributed by atoms with Gasteiger partial charge in [0.05, 0.1) is 17.2 Å². The molecule has 0 aromatic heterocycles. The quantitative estimate of drug-likeness (QED) is 0.823. The van der Waals surface area contributed by atoms with Crippen LogP contribution in [0.5, 0.6) is 0 Å². The molecular formula is C22H21F2N3O2. The van der Waals surface area contributed by atoms with Crippen LogP contribution in [0.2, 0.25) is 0 Å². The van der Waals surface area contributed by atoms with Gasteiger partial charge in [-0.05, 0) is 61.6 Å². The number of halogens is 2. The van der Waals surface area contributed by atoms with Crippen molar-refractivity contribution in [2.24, 2.45) is 0 Å². The molecular weight excluding hydrogens is 376 g/mol. The summed E-state index contributed by atoms with van der Waals surface area (Å²) in [7, 11) is 0. The van der Waals surface area contributed by atoms with Crippen LogP contribution in [0.3, 0.4) is 0 Å². The molecule has 0 unspecified atom stereocenters. The third-order valence-electron chi connectivity index (χ3n) is 5.89. The van der Waals surface area contributed by atoms with Crippen molar-refractivity contribution in [1.29, 1.82) is 5.26 Å². The lowest BCUT2D eigenvalue weighted by Crippen LogP contribution is -2.55. The highest BCUT2D eigenvalue weighted by Crippen LogP contribution is 2.42. The standard InChI is InChI=1S/C22H21F2N3O2/c23-16-4-3-15(20(24)9-16)10-22(29)11-18-7-8-19(12-22)27(18)21(28)26-17-5-1-14(13-25)2-6-17/h1-6,9,18-19,29H,7-8,10-12H2,(H,26,28)/t18-,19-/m0/s1. The molecule has 2 aromatic rings. The Morgan fingerprint density at radius 2 is 1.83 bits per heavy atom. The second kappa shape index (κ2) is 7.45.